The van der Waals surface area contributed by atoms with Gasteiger partial charge in [0.25, 0.3) is 0 Å². The molecule has 7 heteroatoms. The van der Waals surface area contributed by atoms with Crippen LogP contribution in [-0.2, 0) is 19.0 Å². The molecule has 0 aromatic carbocycles. The molecule has 0 radical (unpaired) electrons. The van der Waals surface area contributed by atoms with E-state index in [4.69, 9.17) is 14.2 Å². The first-order valence-corrected chi connectivity index (χ1v) is 20.9. The van der Waals surface area contributed by atoms with Gasteiger partial charge in [0.05, 0.1) is 24.4 Å². The lowest BCUT2D eigenvalue weighted by Crippen LogP contribution is -2.60. The first-order valence-electron chi connectivity index (χ1n) is 20.9. The fraction of sp³-hybridized carbons (Fsp3) is 0.761. The van der Waals surface area contributed by atoms with Crippen LogP contribution < -0.4 is 5.32 Å². The zero-order chi connectivity index (χ0) is 39.5. The van der Waals surface area contributed by atoms with Crippen molar-refractivity contribution < 1.29 is 29.2 Å². The number of aliphatic hydroxyl groups is 2. The van der Waals surface area contributed by atoms with Crippen LogP contribution in [0.25, 0.3) is 0 Å². The maximum atomic E-state index is 12.7. The van der Waals surface area contributed by atoms with Crippen LogP contribution >= 0.6 is 0 Å². The minimum atomic E-state index is -0.729. The molecular formula is C46H77NO6. The van der Waals surface area contributed by atoms with E-state index in [9.17, 15) is 15.0 Å². The zero-order valence-corrected chi connectivity index (χ0v) is 35.4. The highest BCUT2D eigenvalue weighted by Crippen LogP contribution is 2.41. The zero-order valence-electron chi connectivity index (χ0n) is 35.4. The highest BCUT2D eigenvalue weighted by Gasteiger charge is 2.47. The molecule has 3 heterocycles. The van der Waals surface area contributed by atoms with Crippen molar-refractivity contribution in [3.8, 4) is 0 Å². The highest BCUT2D eigenvalue weighted by molar-refractivity contribution is 5.80. The van der Waals surface area contributed by atoms with E-state index in [1.807, 2.05) is 19.1 Å². The number of amides is 1. The lowest BCUT2D eigenvalue weighted by Gasteiger charge is -2.47. The number of aliphatic hydroxyl groups excluding tert-OH is 2. The average Bonchev–Trinajstić information content (AvgIpc) is 3.11. The summed E-state index contributed by atoms with van der Waals surface area (Å²) >= 11 is 0. The predicted octanol–water partition coefficient (Wildman–Crippen LogP) is 9.86. The van der Waals surface area contributed by atoms with Gasteiger partial charge in [-0.15, -0.1) is 0 Å². The largest absolute Gasteiger partial charge is 0.393 e. The molecule has 0 aromatic heterocycles. The normalized spacial score (nSPS) is 33.2. The lowest BCUT2D eigenvalue weighted by molar-refractivity contribution is -0.286. The number of hydrogen-bond acceptors (Lipinski definition) is 6. The van der Waals surface area contributed by atoms with E-state index >= 15 is 0 Å². The van der Waals surface area contributed by atoms with Gasteiger partial charge >= 0.3 is 0 Å². The predicted molar refractivity (Wildman–Crippen MR) is 218 cm³/mol. The number of carbonyl (C=O) groups is 1. The number of piperidine rings is 1. The molecule has 2 fully saturated rings. The molecule has 0 aliphatic carbocycles. The van der Waals surface area contributed by atoms with Gasteiger partial charge in [-0.2, -0.15) is 0 Å². The van der Waals surface area contributed by atoms with Crippen molar-refractivity contribution in [2.24, 2.45) is 47.3 Å². The maximum Gasteiger partial charge on any atom is 0.225 e. The molecule has 0 saturated carbocycles. The third-order valence-corrected chi connectivity index (χ3v) is 13.0. The Hall–Kier alpha value is -2.03. The quantitative estimate of drug-likeness (QED) is 0.0957. The van der Waals surface area contributed by atoms with Crippen LogP contribution in [0, 0.1) is 47.3 Å². The van der Waals surface area contributed by atoms with Crippen molar-refractivity contribution in [1.29, 1.82) is 0 Å². The van der Waals surface area contributed by atoms with Crippen LogP contribution in [0.3, 0.4) is 0 Å². The molecular weight excluding hydrogens is 663 g/mol. The molecule has 3 aliphatic heterocycles. The second-order valence-electron chi connectivity index (χ2n) is 17.6. The van der Waals surface area contributed by atoms with Crippen LogP contribution in [0.15, 0.2) is 59.8 Å². The average molecular weight is 740 g/mol. The number of rotatable bonds is 18. The first-order chi connectivity index (χ1) is 25.0. The number of ether oxygens (including phenoxy) is 3. The maximum absolute atomic E-state index is 12.7. The SMILES string of the molecule is CC[C@H]1CC[C@@]2(NC1=O)O[C@@H](C[C@H](O)[C@@H](C)CC/C=C/C=C(\C)[C@H](C/C=C/C=C/[C@H](O)[C@H](C)[C@H]1O[C@](C)(OC)CC[C@H]1C(C)C)C(C)C)[C@H](C)C=C2C. The number of nitrogens with one attached hydrogen (secondary N) is 1. The summed E-state index contributed by atoms with van der Waals surface area (Å²) in [5.41, 5.74) is 1.70. The van der Waals surface area contributed by atoms with Crippen LogP contribution in [0.1, 0.15) is 134 Å². The van der Waals surface area contributed by atoms with E-state index in [0.29, 0.717) is 30.1 Å². The molecule has 1 spiro atoms. The molecule has 7 nitrogen and oxygen atoms in total. The van der Waals surface area contributed by atoms with Gasteiger partial charge in [-0.1, -0.05) is 110 Å². The molecule has 3 N–H and O–H groups in total. The van der Waals surface area contributed by atoms with Crippen molar-refractivity contribution in [3.05, 3.63) is 59.8 Å². The van der Waals surface area contributed by atoms with E-state index in [-0.39, 0.29) is 41.8 Å². The van der Waals surface area contributed by atoms with Gasteiger partial charge in [-0.25, -0.2) is 0 Å². The molecule has 0 aromatic rings. The van der Waals surface area contributed by atoms with E-state index in [1.165, 1.54) is 5.57 Å². The standard InChI is InChI=1S/C46H77NO6/c1-13-37-24-27-46(47-44(37)50)35(9)28-34(8)42(52-46)29-41(49)33(7)21-17-14-16-20-32(6)38(30(2)3)22-18-15-19-23-40(48)36(10)43-39(31(4)5)25-26-45(11,51-12)53-43/h14-16,18-20,23,28,30-31,33-34,36-43,48-49H,13,17,21-22,24-27,29H2,1-12H3,(H,47,50)/b16-14+,18-15+,23-19+,32-20+/t33-,34+,36-,37-,38+,39-,40-,41-,42-,43+,45-,46+/m0/s1. The Morgan fingerprint density at radius 2 is 1.77 bits per heavy atom. The highest BCUT2D eigenvalue weighted by atomic mass is 16.7. The molecule has 53 heavy (non-hydrogen) atoms. The minimum Gasteiger partial charge on any atom is -0.393 e. The Morgan fingerprint density at radius 3 is 2.40 bits per heavy atom. The molecule has 0 unspecified atom stereocenters. The van der Waals surface area contributed by atoms with Crippen molar-refractivity contribution in [2.75, 3.05) is 7.11 Å². The second-order valence-corrected chi connectivity index (χ2v) is 17.6. The lowest BCUT2D eigenvalue weighted by atomic mass is 9.76. The fourth-order valence-electron chi connectivity index (χ4n) is 8.69. The van der Waals surface area contributed by atoms with E-state index in [0.717, 1.165) is 56.9 Å². The summed E-state index contributed by atoms with van der Waals surface area (Å²) in [4.78, 5) is 12.7. The molecule has 2 saturated heterocycles. The molecule has 1 amide bonds. The first kappa shape index (κ1) is 45.4. The van der Waals surface area contributed by atoms with Crippen LogP contribution in [0.5, 0.6) is 0 Å². The Morgan fingerprint density at radius 1 is 1.06 bits per heavy atom. The van der Waals surface area contributed by atoms with Crippen molar-refractivity contribution in [2.45, 2.75) is 170 Å². The summed E-state index contributed by atoms with van der Waals surface area (Å²) in [7, 11) is 1.70. The van der Waals surface area contributed by atoms with Crippen molar-refractivity contribution >= 4 is 5.91 Å². The topological polar surface area (TPSA) is 97.3 Å². The molecule has 3 aliphatic rings. The second kappa shape index (κ2) is 20.8. The van der Waals surface area contributed by atoms with Crippen LogP contribution in [0.4, 0.5) is 0 Å². The molecule has 302 valence electrons. The summed E-state index contributed by atoms with van der Waals surface area (Å²) in [5, 5.41) is 25.5. The van der Waals surface area contributed by atoms with Gasteiger partial charge < -0.3 is 29.7 Å². The third kappa shape index (κ3) is 12.5. The van der Waals surface area contributed by atoms with Crippen LogP contribution in [0.2, 0.25) is 0 Å². The smallest absolute Gasteiger partial charge is 0.225 e. The van der Waals surface area contributed by atoms with Gasteiger partial charge in [-0.05, 0) is 94.5 Å². The minimum absolute atomic E-state index is 0.0435. The van der Waals surface area contributed by atoms with Crippen molar-refractivity contribution in [3.63, 3.8) is 0 Å². The molecule has 0 bridgehead atoms. The Bertz CT molecular complexity index is 1300. The van der Waals surface area contributed by atoms with E-state index < -0.39 is 23.7 Å². The van der Waals surface area contributed by atoms with Gasteiger partial charge in [0, 0.05) is 44.1 Å². The summed E-state index contributed by atoms with van der Waals surface area (Å²) in [6.45, 7) is 23.7. The van der Waals surface area contributed by atoms with E-state index in [1.54, 1.807) is 7.11 Å². The Kier molecular flexibility index (Phi) is 17.8. The molecule has 12 atom stereocenters. The monoisotopic (exact) mass is 740 g/mol. The molecule has 3 rings (SSSR count). The number of carbonyl (C=O) groups excluding carboxylic acids is 1. The van der Waals surface area contributed by atoms with Gasteiger partial charge in [0.1, 0.15) is 0 Å². The van der Waals surface area contributed by atoms with Gasteiger partial charge in [-0.3, -0.25) is 4.79 Å². The van der Waals surface area contributed by atoms with Crippen molar-refractivity contribution in [1.82, 2.24) is 5.32 Å². The third-order valence-electron chi connectivity index (χ3n) is 13.0. The van der Waals surface area contributed by atoms with E-state index in [2.05, 4.69) is 111 Å². The summed E-state index contributed by atoms with van der Waals surface area (Å²) in [5.74, 6) is 1.59. The summed E-state index contributed by atoms with van der Waals surface area (Å²) < 4.78 is 18.8. The Labute approximate surface area is 323 Å². The fourth-order valence-corrected chi connectivity index (χ4v) is 8.69. The van der Waals surface area contributed by atoms with Gasteiger partial charge in [0.15, 0.2) is 11.5 Å². The number of allylic oxidation sites excluding steroid dienone is 7. The van der Waals surface area contributed by atoms with Crippen LogP contribution in [-0.4, -0.2) is 59.2 Å². The summed E-state index contributed by atoms with van der Waals surface area (Å²) in [6.07, 6.45) is 23.3. The summed E-state index contributed by atoms with van der Waals surface area (Å²) in [6, 6.07) is 0. The number of methoxy groups -OCH3 is 1. The van der Waals surface area contributed by atoms with Gasteiger partial charge in [0.2, 0.25) is 5.91 Å². The number of hydrogen-bond donors (Lipinski definition) is 3. The Balaban J connectivity index is 1.47.